The predicted octanol–water partition coefficient (Wildman–Crippen LogP) is 12.3. The van der Waals surface area contributed by atoms with Gasteiger partial charge in [0.2, 0.25) is 0 Å². The number of rotatable bonds is 42. The van der Waals surface area contributed by atoms with E-state index in [2.05, 4.69) is 13.8 Å². The van der Waals surface area contributed by atoms with Crippen molar-refractivity contribution >= 4 is 32.8 Å². The molecule has 0 spiro atoms. The van der Waals surface area contributed by atoms with Crippen LogP contribution in [-0.2, 0) is 41.1 Å². The largest absolute Gasteiger partial charge is 0.616 e. The SMILES string of the molecule is CCCCCCCCCCCCCCCCCC[S+]([O-])CCOS(=O)(=O)OCC[S+]([O-])CCCCCCCCCCCCCCCCCC. The van der Waals surface area contributed by atoms with E-state index in [0.717, 1.165) is 25.7 Å². The maximum Gasteiger partial charge on any atom is 0.400 e. The molecule has 49 heavy (non-hydrogen) atoms. The molecular weight excluding hydrogens is 673 g/mol. The Morgan fingerprint density at radius 3 is 0.776 bits per heavy atom. The number of unbranched alkanes of at least 4 members (excludes halogenated alkanes) is 30. The Balaban J connectivity index is 3.46. The van der Waals surface area contributed by atoms with E-state index in [1.807, 2.05) is 0 Å². The van der Waals surface area contributed by atoms with Gasteiger partial charge in [-0.05, 0) is 25.7 Å². The Bertz CT molecular complexity index is 686. The Morgan fingerprint density at radius 2 is 0.551 bits per heavy atom. The van der Waals surface area contributed by atoms with Crippen LogP contribution < -0.4 is 0 Å². The molecule has 0 amide bonds. The first kappa shape index (κ1) is 49.5. The van der Waals surface area contributed by atoms with Gasteiger partial charge in [0.15, 0.2) is 0 Å². The molecule has 6 nitrogen and oxygen atoms in total. The summed E-state index contributed by atoms with van der Waals surface area (Å²) in [5, 5.41) is 0. The zero-order chi connectivity index (χ0) is 35.9. The first-order chi connectivity index (χ1) is 23.9. The van der Waals surface area contributed by atoms with E-state index in [4.69, 9.17) is 8.37 Å². The third-order valence-electron chi connectivity index (χ3n) is 9.53. The quantitative estimate of drug-likeness (QED) is 0.0454. The Morgan fingerprint density at radius 1 is 0.347 bits per heavy atom. The van der Waals surface area contributed by atoms with Gasteiger partial charge in [-0.1, -0.05) is 216 Å². The van der Waals surface area contributed by atoms with Gasteiger partial charge in [-0.2, -0.15) is 8.42 Å². The average Bonchev–Trinajstić information content (AvgIpc) is 3.07. The summed E-state index contributed by atoms with van der Waals surface area (Å²) in [5.41, 5.74) is 0. The minimum absolute atomic E-state index is 0.143. The van der Waals surface area contributed by atoms with E-state index >= 15 is 0 Å². The lowest BCUT2D eigenvalue weighted by Gasteiger charge is -2.12. The molecule has 0 bridgehead atoms. The van der Waals surface area contributed by atoms with Crippen molar-refractivity contribution in [3.05, 3.63) is 0 Å². The lowest BCUT2D eigenvalue weighted by molar-refractivity contribution is 0.232. The summed E-state index contributed by atoms with van der Waals surface area (Å²) in [7, 11) is -4.15. The molecule has 0 aromatic carbocycles. The van der Waals surface area contributed by atoms with Crippen LogP contribution in [0.3, 0.4) is 0 Å². The first-order valence-electron chi connectivity index (χ1n) is 21.1. The van der Waals surface area contributed by atoms with E-state index in [9.17, 15) is 17.5 Å². The smallest absolute Gasteiger partial charge is 0.400 e. The molecular formula is C40H82O6S3. The molecule has 0 saturated heterocycles. The molecule has 0 aliphatic carbocycles. The predicted molar refractivity (Wildman–Crippen MR) is 216 cm³/mol. The minimum atomic E-state index is -4.15. The standard InChI is InChI=1S/C40H82O6S3/c1-3-5-7-9-11-13-15-17-19-21-23-25-27-29-31-33-37-47(41)39-35-45-49(43,44)46-36-40-48(42)38-34-32-30-28-26-24-22-20-18-16-14-12-10-8-6-4-2/h3-40H2,1-2H3. The molecule has 0 aliphatic rings. The van der Waals surface area contributed by atoms with Gasteiger partial charge in [0, 0.05) is 0 Å². The van der Waals surface area contributed by atoms with Crippen molar-refractivity contribution in [1.29, 1.82) is 0 Å². The summed E-state index contributed by atoms with van der Waals surface area (Å²) in [4.78, 5) is 0. The minimum Gasteiger partial charge on any atom is -0.616 e. The van der Waals surface area contributed by atoms with Gasteiger partial charge >= 0.3 is 10.4 Å². The molecule has 0 aromatic rings. The van der Waals surface area contributed by atoms with Gasteiger partial charge in [-0.15, -0.1) is 0 Å². The van der Waals surface area contributed by atoms with Crippen LogP contribution in [0.4, 0.5) is 0 Å². The van der Waals surface area contributed by atoms with Gasteiger partial charge in [0.25, 0.3) is 0 Å². The molecule has 0 heterocycles. The highest BCUT2D eigenvalue weighted by Gasteiger charge is 2.16. The van der Waals surface area contributed by atoms with E-state index in [1.54, 1.807) is 0 Å². The van der Waals surface area contributed by atoms with Gasteiger partial charge in [-0.25, -0.2) is 8.37 Å². The molecule has 296 valence electrons. The molecule has 0 aromatic heterocycles. The molecule has 2 unspecified atom stereocenters. The molecule has 9 heteroatoms. The van der Waals surface area contributed by atoms with E-state index < -0.39 is 32.8 Å². The van der Waals surface area contributed by atoms with Crippen molar-refractivity contribution in [2.24, 2.45) is 0 Å². The second-order valence-corrected chi connectivity index (χ2v) is 19.0. The fourth-order valence-corrected chi connectivity index (χ4v) is 9.17. The normalized spacial score (nSPS) is 13.3. The highest BCUT2D eigenvalue weighted by Crippen LogP contribution is 2.16. The average molecular weight is 755 g/mol. The molecule has 0 N–H and O–H groups in total. The molecule has 0 aliphatic heterocycles. The van der Waals surface area contributed by atoms with E-state index in [0.29, 0.717) is 11.5 Å². The summed E-state index contributed by atoms with van der Waals surface area (Å²) >= 11 is -2.18. The van der Waals surface area contributed by atoms with Crippen LogP contribution in [0, 0.1) is 0 Å². The summed E-state index contributed by atoms with van der Waals surface area (Å²) < 4.78 is 58.2. The Hall–Kier alpha value is 0.490. The van der Waals surface area contributed by atoms with Crippen LogP contribution in [-0.4, -0.2) is 53.7 Å². The van der Waals surface area contributed by atoms with E-state index in [1.165, 1.54) is 180 Å². The number of hydrogen-bond acceptors (Lipinski definition) is 6. The van der Waals surface area contributed by atoms with E-state index in [-0.39, 0.29) is 24.7 Å². The van der Waals surface area contributed by atoms with Crippen LogP contribution in [0.25, 0.3) is 0 Å². The van der Waals surface area contributed by atoms with Gasteiger partial charge < -0.3 is 9.11 Å². The Kier molecular flexibility index (Phi) is 40.1. The van der Waals surface area contributed by atoms with Crippen LogP contribution in [0.1, 0.15) is 219 Å². The molecule has 0 fully saturated rings. The highest BCUT2D eigenvalue weighted by atomic mass is 32.3. The summed E-state index contributed by atoms with van der Waals surface area (Å²) in [5.74, 6) is 1.54. The third-order valence-corrected chi connectivity index (χ3v) is 13.2. The van der Waals surface area contributed by atoms with Gasteiger partial charge in [-0.3, -0.25) is 0 Å². The van der Waals surface area contributed by atoms with Crippen molar-refractivity contribution in [1.82, 2.24) is 0 Å². The number of hydrogen-bond donors (Lipinski definition) is 0. The summed E-state index contributed by atoms with van der Waals surface area (Å²) in [6, 6.07) is 0. The topological polar surface area (TPSA) is 98.7 Å². The van der Waals surface area contributed by atoms with Crippen molar-refractivity contribution < 1.29 is 25.9 Å². The summed E-state index contributed by atoms with van der Waals surface area (Å²) in [6.45, 7) is 4.25. The molecule has 0 radical (unpaired) electrons. The summed E-state index contributed by atoms with van der Waals surface area (Å²) in [6.07, 6.45) is 41.7. The molecule has 2 atom stereocenters. The van der Waals surface area contributed by atoms with Crippen molar-refractivity contribution in [3.8, 4) is 0 Å². The Labute approximate surface area is 312 Å². The second-order valence-electron chi connectivity index (χ2n) is 14.4. The fourth-order valence-electron chi connectivity index (χ4n) is 6.32. The lowest BCUT2D eigenvalue weighted by Crippen LogP contribution is -2.22. The first-order valence-corrected chi connectivity index (χ1v) is 25.5. The van der Waals surface area contributed by atoms with Gasteiger partial charge in [0.05, 0.1) is 0 Å². The van der Waals surface area contributed by atoms with Crippen molar-refractivity contribution in [3.63, 3.8) is 0 Å². The maximum atomic E-state index is 12.2. The third kappa shape index (κ3) is 41.1. The van der Waals surface area contributed by atoms with Crippen LogP contribution >= 0.6 is 0 Å². The monoisotopic (exact) mass is 755 g/mol. The van der Waals surface area contributed by atoms with Crippen molar-refractivity contribution in [2.45, 2.75) is 219 Å². The van der Waals surface area contributed by atoms with Crippen LogP contribution in [0.5, 0.6) is 0 Å². The highest BCUT2D eigenvalue weighted by molar-refractivity contribution is 7.91. The van der Waals surface area contributed by atoms with Gasteiger partial charge in [0.1, 0.15) is 36.2 Å². The van der Waals surface area contributed by atoms with Crippen LogP contribution in [0.2, 0.25) is 0 Å². The molecule has 0 saturated carbocycles. The van der Waals surface area contributed by atoms with Crippen molar-refractivity contribution in [2.75, 3.05) is 36.2 Å². The maximum absolute atomic E-state index is 12.2. The lowest BCUT2D eigenvalue weighted by atomic mass is 10.0. The molecule has 0 rings (SSSR count). The van der Waals surface area contributed by atoms with Crippen LogP contribution in [0.15, 0.2) is 0 Å². The zero-order valence-corrected chi connectivity index (χ0v) is 35.0. The second kappa shape index (κ2) is 39.7. The zero-order valence-electron chi connectivity index (χ0n) is 32.5. The fraction of sp³-hybridized carbons (Fsp3) is 1.00.